The molecule has 27 heavy (non-hydrogen) atoms. The van der Waals surface area contributed by atoms with Crippen LogP contribution in [-0.4, -0.2) is 31.7 Å². The van der Waals surface area contributed by atoms with Gasteiger partial charge in [0.05, 0.1) is 4.90 Å². The third-order valence-corrected chi connectivity index (χ3v) is 6.49. The van der Waals surface area contributed by atoms with Gasteiger partial charge in [-0.15, -0.1) is 0 Å². The van der Waals surface area contributed by atoms with Gasteiger partial charge in [-0.25, -0.2) is 8.42 Å². The Bertz CT molecular complexity index is 890. The van der Waals surface area contributed by atoms with Crippen LogP contribution in [0.25, 0.3) is 0 Å². The van der Waals surface area contributed by atoms with Crippen LogP contribution in [-0.2, 0) is 10.0 Å². The van der Waals surface area contributed by atoms with Gasteiger partial charge in [0.2, 0.25) is 10.0 Å². The lowest BCUT2D eigenvalue weighted by Crippen LogP contribution is -2.31. The molecule has 0 radical (unpaired) electrons. The van der Waals surface area contributed by atoms with E-state index >= 15 is 0 Å². The number of anilines is 1. The van der Waals surface area contributed by atoms with Gasteiger partial charge in [-0.3, -0.25) is 4.79 Å². The summed E-state index contributed by atoms with van der Waals surface area (Å²) in [5, 5.41) is 2.87. The van der Waals surface area contributed by atoms with Crippen molar-refractivity contribution in [1.29, 1.82) is 0 Å². The molecule has 0 saturated carbocycles. The molecule has 0 bridgehead atoms. The molecule has 0 aliphatic carbocycles. The maximum atomic E-state index is 12.7. The molecule has 5 nitrogen and oxygen atoms in total. The maximum Gasteiger partial charge on any atom is 0.255 e. The van der Waals surface area contributed by atoms with Crippen molar-refractivity contribution in [3.8, 4) is 0 Å². The smallest absolute Gasteiger partial charge is 0.255 e. The minimum Gasteiger partial charge on any atom is -0.322 e. The van der Waals surface area contributed by atoms with Crippen LogP contribution in [0, 0.1) is 13.8 Å². The Morgan fingerprint density at radius 1 is 1.04 bits per heavy atom. The number of unbranched alkanes of at least 4 members (excludes halogenated alkanes) is 1. The molecule has 0 fully saturated rings. The molecule has 146 valence electrons. The molecule has 0 spiro atoms. The third-order valence-electron chi connectivity index (χ3n) is 4.50. The van der Waals surface area contributed by atoms with Crippen molar-refractivity contribution in [1.82, 2.24) is 4.31 Å². The van der Waals surface area contributed by atoms with Crippen LogP contribution >= 0.6 is 0 Å². The van der Waals surface area contributed by atoms with Crippen LogP contribution < -0.4 is 5.32 Å². The molecule has 6 heteroatoms. The molecule has 0 unspecified atom stereocenters. The van der Waals surface area contributed by atoms with Gasteiger partial charge < -0.3 is 5.32 Å². The number of carbonyl (C=O) groups is 1. The highest BCUT2D eigenvalue weighted by Crippen LogP contribution is 2.20. The van der Waals surface area contributed by atoms with Crippen molar-refractivity contribution in [2.24, 2.45) is 0 Å². The van der Waals surface area contributed by atoms with Gasteiger partial charge in [0, 0.05) is 24.3 Å². The van der Waals surface area contributed by atoms with Crippen LogP contribution in [0.2, 0.25) is 0 Å². The van der Waals surface area contributed by atoms with E-state index in [1.165, 1.54) is 16.4 Å². The van der Waals surface area contributed by atoms with Crippen molar-refractivity contribution >= 4 is 21.6 Å². The van der Waals surface area contributed by atoms with Gasteiger partial charge in [0.1, 0.15) is 0 Å². The van der Waals surface area contributed by atoms with Crippen LogP contribution in [0.15, 0.2) is 47.4 Å². The van der Waals surface area contributed by atoms with E-state index in [0.717, 1.165) is 29.7 Å². The molecule has 0 heterocycles. The second-order valence-electron chi connectivity index (χ2n) is 6.65. The summed E-state index contributed by atoms with van der Waals surface area (Å²) < 4.78 is 27.0. The number of amides is 1. The van der Waals surface area contributed by atoms with E-state index in [1.807, 2.05) is 45.9 Å². The Balaban J connectivity index is 2.17. The summed E-state index contributed by atoms with van der Waals surface area (Å²) in [6.45, 7) is 8.73. The Morgan fingerprint density at radius 3 is 2.26 bits per heavy atom. The molecule has 1 amide bonds. The van der Waals surface area contributed by atoms with Crippen LogP contribution in [0.1, 0.15) is 48.2 Å². The molecule has 2 aromatic carbocycles. The number of carbonyl (C=O) groups excluding carboxylic acids is 1. The quantitative estimate of drug-likeness (QED) is 0.730. The normalized spacial score (nSPS) is 11.6. The number of aryl methyl sites for hydroxylation is 2. The summed E-state index contributed by atoms with van der Waals surface area (Å²) in [4.78, 5) is 12.7. The molecule has 2 aromatic rings. The zero-order valence-electron chi connectivity index (χ0n) is 16.5. The van der Waals surface area contributed by atoms with Crippen molar-refractivity contribution in [2.45, 2.75) is 45.4 Å². The van der Waals surface area contributed by atoms with Gasteiger partial charge in [0.25, 0.3) is 5.91 Å². The van der Waals surface area contributed by atoms with Crippen molar-refractivity contribution < 1.29 is 13.2 Å². The standard InChI is InChI=1S/C21H28N2O3S/c1-5-7-14-23(6-2)27(25,26)19-11-9-18(10-12-19)21(24)22-20-13-8-16(3)15-17(20)4/h8-13,15H,5-7,14H2,1-4H3,(H,22,24). The minimum absolute atomic E-state index is 0.212. The number of sulfonamides is 1. The molecule has 0 atom stereocenters. The van der Waals surface area contributed by atoms with Gasteiger partial charge in [-0.1, -0.05) is 38.0 Å². The Morgan fingerprint density at radius 2 is 1.70 bits per heavy atom. The fraction of sp³-hybridized carbons (Fsp3) is 0.381. The minimum atomic E-state index is -3.53. The number of nitrogens with one attached hydrogen (secondary N) is 1. The van der Waals surface area contributed by atoms with E-state index in [4.69, 9.17) is 0 Å². The first kappa shape index (κ1) is 21.1. The summed E-state index contributed by atoms with van der Waals surface area (Å²) in [5.41, 5.74) is 3.28. The summed E-state index contributed by atoms with van der Waals surface area (Å²) in [6, 6.07) is 11.9. The van der Waals surface area contributed by atoms with Gasteiger partial charge >= 0.3 is 0 Å². The van der Waals surface area contributed by atoms with Crippen molar-refractivity contribution in [2.75, 3.05) is 18.4 Å². The molecular weight excluding hydrogens is 360 g/mol. The molecule has 1 N–H and O–H groups in total. The Labute approximate surface area is 162 Å². The zero-order valence-corrected chi connectivity index (χ0v) is 17.3. The highest BCUT2D eigenvalue weighted by atomic mass is 32.2. The fourth-order valence-corrected chi connectivity index (χ4v) is 4.35. The van der Waals surface area contributed by atoms with Gasteiger partial charge in [0.15, 0.2) is 0 Å². The average Bonchev–Trinajstić information content (AvgIpc) is 2.64. The monoisotopic (exact) mass is 388 g/mol. The lowest BCUT2D eigenvalue weighted by atomic mass is 10.1. The van der Waals surface area contributed by atoms with E-state index in [9.17, 15) is 13.2 Å². The van der Waals surface area contributed by atoms with Crippen molar-refractivity contribution in [3.63, 3.8) is 0 Å². The number of hydrogen-bond donors (Lipinski definition) is 1. The summed E-state index contributed by atoms with van der Waals surface area (Å²) in [6.07, 6.45) is 1.76. The first-order valence-electron chi connectivity index (χ1n) is 9.28. The summed E-state index contributed by atoms with van der Waals surface area (Å²) in [7, 11) is -3.53. The number of nitrogens with zero attached hydrogens (tertiary/aromatic N) is 1. The average molecular weight is 389 g/mol. The highest BCUT2D eigenvalue weighted by Gasteiger charge is 2.22. The second kappa shape index (κ2) is 9.15. The predicted octanol–water partition coefficient (Wildman–Crippen LogP) is 4.37. The molecule has 0 aromatic heterocycles. The molecule has 0 aliphatic rings. The number of benzene rings is 2. The molecule has 2 rings (SSSR count). The first-order chi connectivity index (χ1) is 12.8. The van der Waals surface area contributed by atoms with Crippen molar-refractivity contribution in [3.05, 3.63) is 59.2 Å². The zero-order chi connectivity index (χ0) is 20.0. The van der Waals surface area contributed by atoms with Crippen LogP contribution in [0.5, 0.6) is 0 Å². The molecule has 0 saturated heterocycles. The third kappa shape index (κ3) is 5.17. The van der Waals surface area contributed by atoms with E-state index in [-0.39, 0.29) is 10.8 Å². The number of rotatable bonds is 8. The van der Waals surface area contributed by atoms with Gasteiger partial charge in [-0.2, -0.15) is 4.31 Å². The lowest BCUT2D eigenvalue weighted by molar-refractivity contribution is 0.102. The summed E-state index contributed by atoms with van der Waals surface area (Å²) in [5.74, 6) is -0.260. The number of hydrogen-bond acceptors (Lipinski definition) is 3. The predicted molar refractivity (Wildman–Crippen MR) is 110 cm³/mol. The first-order valence-corrected chi connectivity index (χ1v) is 10.7. The van der Waals surface area contributed by atoms with Crippen LogP contribution in [0.3, 0.4) is 0 Å². The fourth-order valence-electron chi connectivity index (χ4n) is 2.86. The molecule has 0 aliphatic heterocycles. The maximum absolute atomic E-state index is 12.7. The van der Waals surface area contributed by atoms with Gasteiger partial charge in [-0.05, 0) is 56.2 Å². The highest BCUT2D eigenvalue weighted by molar-refractivity contribution is 7.89. The van der Waals surface area contributed by atoms with Crippen LogP contribution in [0.4, 0.5) is 5.69 Å². The second-order valence-corrected chi connectivity index (χ2v) is 8.59. The topological polar surface area (TPSA) is 66.5 Å². The summed E-state index contributed by atoms with van der Waals surface area (Å²) >= 11 is 0. The SMILES string of the molecule is CCCCN(CC)S(=O)(=O)c1ccc(C(=O)Nc2ccc(C)cc2C)cc1. The van der Waals surface area contributed by atoms with E-state index in [0.29, 0.717) is 18.7 Å². The lowest BCUT2D eigenvalue weighted by Gasteiger charge is -2.20. The Kier molecular flexibility index (Phi) is 7.16. The Hall–Kier alpha value is -2.18. The van der Waals surface area contributed by atoms with E-state index < -0.39 is 10.0 Å². The van der Waals surface area contributed by atoms with E-state index in [1.54, 1.807) is 12.1 Å². The largest absolute Gasteiger partial charge is 0.322 e. The van der Waals surface area contributed by atoms with E-state index in [2.05, 4.69) is 5.32 Å². The molecular formula is C21H28N2O3S.